The van der Waals surface area contributed by atoms with E-state index in [1.807, 2.05) is 31.1 Å². The van der Waals surface area contributed by atoms with Crippen molar-refractivity contribution >= 4 is 15.9 Å². The van der Waals surface area contributed by atoms with Gasteiger partial charge in [-0.2, -0.15) is 0 Å². The normalized spacial score (nSPS) is 22.5. The van der Waals surface area contributed by atoms with Crippen LogP contribution in [0.15, 0.2) is 24.3 Å². The van der Waals surface area contributed by atoms with E-state index in [0.717, 1.165) is 19.3 Å². The van der Waals surface area contributed by atoms with Gasteiger partial charge in [0.2, 0.25) is 15.9 Å². The summed E-state index contributed by atoms with van der Waals surface area (Å²) in [5, 5.41) is 3.18. The van der Waals surface area contributed by atoms with E-state index in [1.165, 1.54) is 11.1 Å². The van der Waals surface area contributed by atoms with E-state index in [1.54, 1.807) is 11.2 Å². The van der Waals surface area contributed by atoms with Crippen molar-refractivity contribution in [1.82, 2.24) is 14.5 Å². The summed E-state index contributed by atoms with van der Waals surface area (Å²) in [5.74, 6) is 0.178. The lowest BCUT2D eigenvalue weighted by Crippen LogP contribution is -2.45. The standard InChI is InChI=1S/C19H29N3O3S/c1-4-26(24,25)22-11-9-19(10-12-22)13-17(20-18(23)14-21(2)3)15-7-5-6-8-16(15)19/h5-8,17H,4,9-14H2,1-3H3,(H,20,23). The van der Waals surface area contributed by atoms with E-state index in [-0.39, 0.29) is 23.1 Å². The third-order valence-corrected chi connectivity index (χ3v) is 7.62. The molecule has 1 amide bonds. The van der Waals surface area contributed by atoms with Crippen molar-refractivity contribution in [3.63, 3.8) is 0 Å². The van der Waals surface area contributed by atoms with E-state index in [4.69, 9.17) is 0 Å². The summed E-state index contributed by atoms with van der Waals surface area (Å²) in [6, 6.07) is 8.31. The smallest absolute Gasteiger partial charge is 0.234 e. The number of likely N-dealkylation sites (N-methyl/N-ethyl adjacent to an activating group) is 1. The number of sulfonamides is 1. The van der Waals surface area contributed by atoms with Gasteiger partial charge in [-0.25, -0.2) is 12.7 Å². The number of amides is 1. The molecular weight excluding hydrogens is 350 g/mol. The zero-order chi connectivity index (χ0) is 18.9. The summed E-state index contributed by atoms with van der Waals surface area (Å²) in [6.07, 6.45) is 2.47. The van der Waals surface area contributed by atoms with Gasteiger partial charge in [0, 0.05) is 18.5 Å². The molecule has 1 saturated heterocycles. The molecule has 1 N–H and O–H groups in total. The first-order valence-corrected chi connectivity index (χ1v) is 10.9. The molecule has 144 valence electrons. The van der Waals surface area contributed by atoms with Crippen LogP contribution in [-0.4, -0.2) is 63.0 Å². The topological polar surface area (TPSA) is 69.7 Å². The maximum absolute atomic E-state index is 12.3. The van der Waals surface area contributed by atoms with Crippen LogP contribution in [0.2, 0.25) is 0 Å². The fraction of sp³-hybridized carbons (Fsp3) is 0.632. The van der Waals surface area contributed by atoms with Crippen LogP contribution in [0.3, 0.4) is 0 Å². The maximum Gasteiger partial charge on any atom is 0.234 e. The Kier molecular flexibility index (Phi) is 5.42. The molecule has 1 spiro atoms. The van der Waals surface area contributed by atoms with Gasteiger partial charge in [-0.1, -0.05) is 24.3 Å². The fourth-order valence-electron chi connectivity index (χ4n) is 4.40. The summed E-state index contributed by atoms with van der Waals surface area (Å²) in [4.78, 5) is 14.1. The molecule has 0 radical (unpaired) electrons. The van der Waals surface area contributed by atoms with Crippen LogP contribution in [0.25, 0.3) is 0 Å². The van der Waals surface area contributed by atoms with E-state index in [0.29, 0.717) is 19.6 Å². The van der Waals surface area contributed by atoms with Gasteiger partial charge in [0.1, 0.15) is 0 Å². The fourth-order valence-corrected chi connectivity index (χ4v) is 5.50. The van der Waals surface area contributed by atoms with Crippen molar-refractivity contribution in [3.8, 4) is 0 Å². The molecule has 3 rings (SSSR count). The minimum absolute atomic E-state index is 0.00739. The minimum Gasteiger partial charge on any atom is -0.348 e. The lowest BCUT2D eigenvalue weighted by molar-refractivity contribution is -0.122. The highest BCUT2D eigenvalue weighted by atomic mass is 32.2. The molecule has 6 nitrogen and oxygen atoms in total. The summed E-state index contributed by atoms with van der Waals surface area (Å²) < 4.78 is 26.0. The average molecular weight is 380 g/mol. The van der Waals surface area contributed by atoms with Crippen LogP contribution in [0.5, 0.6) is 0 Å². The van der Waals surface area contributed by atoms with Crippen molar-refractivity contribution in [2.24, 2.45) is 0 Å². The number of piperidine rings is 1. The Morgan fingerprint density at radius 1 is 1.27 bits per heavy atom. The summed E-state index contributed by atoms with van der Waals surface area (Å²) in [5.41, 5.74) is 2.43. The molecule has 1 aliphatic heterocycles. The van der Waals surface area contributed by atoms with Gasteiger partial charge < -0.3 is 10.2 Å². The molecule has 0 saturated carbocycles. The Labute approximate surface area is 156 Å². The van der Waals surface area contributed by atoms with E-state index in [9.17, 15) is 13.2 Å². The number of rotatable bonds is 5. The highest BCUT2D eigenvalue weighted by molar-refractivity contribution is 7.89. The molecular formula is C19H29N3O3S. The summed E-state index contributed by atoms with van der Waals surface area (Å²) in [6.45, 7) is 3.18. The van der Waals surface area contributed by atoms with Crippen LogP contribution in [-0.2, 0) is 20.2 Å². The lowest BCUT2D eigenvalue weighted by atomic mass is 9.74. The molecule has 1 aromatic rings. The predicted molar refractivity (Wildman–Crippen MR) is 102 cm³/mol. The second-order valence-corrected chi connectivity index (χ2v) is 9.99. The number of fused-ring (bicyclic) bond motifs is 2. The quantitative estimate of drug-likeness (QED) is 0.842. The summed E-state index contributed by atoms with van der Waals surface area (Å²) in [7, 11) is 0.632. The number of carbonyl (C=O) groups excluding carboxylic acids is 1. The second-order valence-electron chi connectivity index (χ2n) is 7.73. The first kappa shape index (κ1) is 19.3. The minimum atomic E-state index is -3.13. The van der Waals surface area contributed by atoms with Gasteiger partial charge in [0.05, 0.1) is 18.3 Å². The SMILES string of the molecule is CCS(=O)(=O)N1CCC2(CC1)CC(NC(=O)CN(C)C)c1ccccc12. The Morgan fingerprint density at radius 3 is 2.54 bits per heavy atom. The first-order valence-electron chi connectivity index (χ1n) is 9.29. The number of nitrogens with zero attached hydrogens (tertiary/aromatic N) is 2. The molecule has 1 unspecified atom stereocenters. The van der Waals surface area contributed by atoms with Gasteiger partial charge >= 0.3 is 0 Å². The molecule has 1 heterocycles. The van der Waals surface area contributed by atoms with Gasteiger partial charge in [0.15, 0.2) is 0 Å². The van der Waals surface area contributed by atoms with Crippen molar-refractivity contribution in [3.05, 3.63) is 35.4 Å². The highest BCUT2D eigenvalue weighted by Crippen LogP contribution is 2.50. The molecule has 0 bridgehead atoms. The number of hydrogen-bond donors (Lipinski definition) is 1. The van der Waals surface area contributed by atoms with Crippen molar-refractivity contribution in [2.75, 3.05) is 39.5 Å². The zero-order valence-electron chi connectivity index (χ0n) is 15.9. The van der Waals surface area contributed by atoms with Crippen LogP contribution < -0.4 is 5.32 Å². The number of hydrogen-bond acceptors (Lipinski definition) is 4. The Hall–Kier alpha value is -1.44. The van der Waals surface area contributed by atoms with Crippen LogP contribution in [0.1, 0.15) is 43.4 Å². The van der Waals surface area contributed by atoms with Crippen LogP contribution >= 0.6 is 0 Å². The Morgan fingerprint density at radius 2 is 1.92 bits per heavy atom. The van der Waals surface area contributed by atoms with Gasteiger partial charge in [-0.05, 0) is 51.4 Å². The second kappa shape index (κ2) is 7.29. The number of benzene rings is 1. The first-order chi connectivity index (χ1) is 12.3. The van der Waals surface area contributed by atoms with E-state index < -0.39 is 10.0 Å². The van der Waals surface area contributed by atoms with Gasteiger partial charge in [-0.3, -0.25) is 4.79 Å². The van der Waals surface area contributed by atoms with E-state index >= 15 is 0 Å². The molecule has 2 aliphatic rings. The van der Waals surface area contributed by atoms with Crippen molar-refractivity contribution in [1.29, 1.82) is 0 Å². The Bertz CT molecular complexity index is 768. The number of carbonyl (C=O) groups is 1. The van der Waals surface area contributed by atoms with Crippen molar-refractivity contribution in [2.45, 2.75) is 37.6 Å². The molecule has 1 atom stereocenters. The van der Waals surface area contributed by atoms with Gasteiger partial charge in [0.25, 0.3) is 0 Å². The van der Waals surface area contributed by atoms with Gasteiger partial charge in [-0.15, -0.1) is 0 Å². The van der Waals surface area contributed by atoms with Crippen LogP contribution in [0.4, 0.5) is 0 Å². The van der Waals surface area contributed by atoms with Crippen molar-refractivity contribution < 1.29 is 13.2 Å². The highest BCUT2D eigenvalue weighted by Gasteiger charge is 2.46. The molecule has 1 fully saturated rings. The maximum atomic E-state index is 12.3. The van der Waals surface area contributed by atoms with Crippen LogP contribution in [0, 0.1) is 0 Å². The largest absolute Gasteiger partial charge is 0.348 e. The zero-order valence-corrected chi connectivity index (χ0v) is 16.7. The van der Waals surface area contributed by atoms with E-state index in [2.05, 4.69) is 17.4 Å². The third-order valence-electron chi connectivity index (χ3n) is 5.74. The predicted octanol–water partition coefficient (Wildman–Crippen LogP) is 1.49. The monoisotopic (exact) mass is 379 g/mol. The Balaban J connectivity index is 1.79. The molecule has 7 heteroatoms. The number of nitrogens with one attached hydrogen (secondary N) is 1. The third kappa shape index (κ3) is 3.66. The molecule has 1 aromatic carbocycles. The molecule has 26 heavy (non-hydrogen) atoms. The summed E-state index contributed by atoms with van der Waals surface area (Å²) >= 11 is 0. The average Bonchev–Trinajstić information content (AvgIpc) is 2.88. The molecule has 0 aromatic heterocycles. The molecule has 1 aliphatic carbocycles. The lowest BCUT2D eigenvalue weighted by Gasteiger charge is -2.39.